The van der Waals surface area contributed by atoms with Gasteiger partial charge in [-0.1, -0.05) is 37.3 Å². The van der Waals surface area contributed by atoms with E-state index < -0.39 is 5.97 Å². The molecule has 0 radical (unpaired) electrons. The number of amides is 1. The molecule has 0 aliphatic carbocycles. The van der Waals surface area contributed by atoms with E-state index in [0.29, 0.717) is 0 Å². The van der Waals surface area contributed by atoms with Crippen LogP contribution >= 0.6 is 0 Å². The number of hydrogen-bond acceptors (Lipinski definition) is 2. The highest BCUT2D eigenvalue weighted by atomic mass is 16.4. The molecular formula is C16H17NO3. The van der Waals surface area contributed by atoms with E-state index in [4.69, 9.17) is 5.11 Å². The summed E-state index contributed by atoms with van der Waals surface area (Å²) in [5.41, 5.74) is 0.733. The minimum absolute atomic E-state index is 0.00510. The van der Waals surface area contributed by atoms with Crippen LogP contribution in [0.3, 0.4) is 0 Å². The summed E-state index contributed by atoms with van der Waals surface area (Å²) < 4.78 is 0. The van der Waals surface area contributed by atoms with Crippen molar-refractivity contribution in [3.05, 3.63) is 42.5 Å². The molecule has 0 spiro atoms. The van der Waals surface area contributed by atoms with Crippen molar-refractivity contribution in [2.45, 2.75) is 19.8 Å². The molecule has 2 aromatic carbocycles. The first-order chi connectivity index (χ1) is 9.54. The molecule has 104 valence electrons. The molecule has 0 fully saturated rings. The van der Waals surface area contributed by atoms with E-state index in [2.05, 4.69) is 5.32 Å². The molecule has 1 atom stereocenters. The van der Waals surface area contributed by atoms with Crippen molar-refractivity contribution in [2.75, 3.05) is 5.32 Å². The number of nitrogens with one attached hydrogen (secondary N) is 1. The third-order valence-electron chi connectivity index (χ3n) is 3.09. The van der Waals surface area contributed by atoms with Crippen LogP contribution < -0.4 is 5.32 Å². The van der Waals surface area contributed by atoms with Gasteiger partial charge in [0.15, 0.2) is 0 Å². The second-order valence-corrected chi connectivity index (χ2v) is 5.02. The van der Waals surface area contributed by atoms with Gasteiger partial charge in [0.05, 0.1) is 0 Å². The summed E-state index contributed by atoms with van der Waals surface area (Å²) in [4.78, 5) is 22.4. The van der Waals surface area contributed by atoms with Crippen LogP contribution in [0.2, 0.25) is 0 Å². The van der Waals surface area contributed by atoms with Gasteiger partial charge in [0, 0.05) is 18.5 Å². The summed E-state index contributed by atoms with van der Waals surface area (Å²) in [6.07, 6.45) is 0.213. The Balaban J connectivity index is 2.00. The van der Waals surface area contributed by atoms with Crippen LogP contribution in [0.4, 0.5) is 5.69 Å². The Morgan fingerprint density at radius 3 is 2.50 bits per heavy atom. The number of fused-ring (bicyclic) bond motifs is 1. The number of carboxylic acid groups (broad SMARTS) is 1. The van der Waals surface area contributed by atoms with E-state index >= 15 is 0 Å². The smallest absolute Gasteiger partial charge is 0.303 e. The molecule has 0 bridgehead atoms. The van der Waals surface area contributed by atoms with Crippen LogP contribution in [-0.2, 0) is 9.59 Å². The molecule has 2 N–H and O–H groups in total. The average Bonchev–Trinajstić information content (AvgIpc) is 2.37. The lowest BCUT2D eigenvalue weighted by Crippen LogP contribution is -2.16. The van der Waals surface area contributed by atoms with Crippen LogP contribution in [0.5, 0.6) is 0 Å². The van der Waals surface area contributed by atoms with Gasteiger partial charge in [0.1, 0.15) is 0 Å². The highest BCUT2D eigenvalue weighted by Crippen LogP contribution is 2.19. The Hall–Kier alpha value is -2.36. The maximum atomic E-state index is 11.8. The molecule has 20 heavy (non-hydrogen) atoms. The quantitative estimate of drug-likeness (QED) is 0.877. The Bertz CT molecular complexity index is 636. The fourth-order valence-electron chi connectivity index (χ4n) is 2.17. The van der Waals surface area contributed by atoms with Gasteiger partial charge in [-0.25, -0.2) is 0 Å². The second kappa shape index (κ2) is 6.19. The van der Waals surface area contributed by atoms with Crippen molar-refractivity contribution in [3.63, 3.8) is 0 Å². The maximum absolute atomic E-state index is 11.8. The zero-order valence-corrected chi connectivity index (χ0v) is 11.3. The predicted octanol–water partition coefficient (Wildman–Crippen LogP) is 3.28. The highest BCUT2D eigenvalue weighted by Gasteiger charge is 2.12. The number of anilines is 1. The van der Waals surface area contributed by atoms with Crippen molar-refractivity contribution < 1.29 is 14.7 Å². The van der Waals surface area contributed by atoms with Crippen LogP contribution in [0.25, 0.3) is 10.8 Å². The van der Waals surface area contributed by atoms with Crippen molar-refractivity contribution >= 4 is 28.3 Å². The number of benzene rings is 2. The summed E-state index contributed by atoms with van der Waals surface area (Å²) in [5, 5.41) is 13.7. The minimum Gasteiger partial charge on any atom is -0.481 e. The molecule has 4 nitrogen and oxygen atoms in total. The van der Waals surface area contributed by atoms with Gasteiger partial charge in [-0.3, -0.25) is 9.59 Å². The average molecular weight is 271 g/mol. The molecule has 2 rings (SSSR count). The summed E-state index contributed by atoms with van der Waals surface area (Å²) >= 11 is 0. The molecule has 0 aliphatic heterocycles. The normalized spacial score (nSPS) is 12.1. The van der Waals surface area contributed by atoms with Crippen LogP contribution in [0.1, 0.15) is 19.8 Å². The van der Waals surface area contributed by atoms with E-state index in [1.807, 2.05) is 42.5 Å². The van der Waals surface area contributed by atoms with Crippen molar-refractivity contribution in [2.24, 2.45) is 5.92 Å². The summed E-state index contributed by atoms with van der Waals surface area (Å²) in [6.45, 7) is 1.76. The van der Waals surface area contributed by atoms with Crippen molar-refractivity contribution in [1.29, 1.82) is 0 Å². The number of carbonyl (C=O) groups excluding carboxylic acids is 1. The van der Waals surface area contributed by atoms with E-state index in [1.54, 1.807) is 6.92 Å². The zero-order chi connectivity index (χ0) is 14.5. The minimum atomic E-state index is -0.879. The molecule has 1 unspecified atom stereocenters. The van der Waals surface area contributed by atoms with Gasteiger partial charge in [-0.15, -0.1) is 0 Å². The SMILES string of the molecule is CC(CC(=O)O)CC(=O)Nc1ccc2ccccc2c1. The second-order valence-electron chi connectivity index (χ2n) is 5.02. The lowest BCUT2D eigenvalue weighted by molar-refractivity contribution is -0.138. The Morgan fingerprint density at radius 2 is 1.80 bits per heavy atom. The summed E-state index contributed by atoms with van der Waals surface area (Å²) in [6, 6.07) is 13.6. The van der Waals surface area contributed by atoms with Gasteiger partial charge in [-0.2, -0.15) is 0 Å². The Kier molecular flexibility index (Phi) is 4.35. The first-order valence-electron chi connectivity index (χ1n) is 6.55. The summed E-state index contributed by atoms with van der Waals surface area (Å²) in [7, 11) is 0. The largest absolute Gasteiger partial charge is 0.481 e. The Labute approximate surface area is 117 Å². The molecule has 0 aliphatic rings. The molecule has 1 amide bonds. The molecular weight excluding hydrogens is 254 g/mol. The van der Waals surface area contributed by atoms with Crippen LogP contribution in [0, 0.1) is 5.92 Å². The van der Waals surface area contributed by atoms with E-state index in [1.165, 1.54) is 0 Å². The lowest BCUT2D eigenvalue weighted by atomic mass is 10.0. The topological polar surface area (TPSA) is 66.4 Å². The number of carbonyl (C=O) groups is 2. The zero-order valence-electron chi connectivity index (χ0n) is 11.3. The number of aliphatic carboxylic acids is 1. The number of rotatable bonds is 5. The predicted molar refractivity (Wildman–Crippen MR) is 78.6 cm³/mol. The molecule has 0 heterocycles. The van der Waals surface area contributed by atoms with Crippen LogP contribution in [-0.4, -0.2) is 17.0 Å². The van der Waals surface area contributed by atoms with E-state index in [9.17, 15) is 9.59 Å². The monoisotopic (exact) mass is 271 g/mol. The fourth-order valence-corrected chi connectivity index (χ4v) is 2.17. The molecule has 0 aromatic heterocycles. The van der Waals surface area contributed by atoms with Gasteiger partial charge >= 0.3 is 5.97 Å². The van der Waals surface area contributed by atoms with Gasteiger partial charge in [0.2, 0.25) is 5.91 Å². The van der Waals surface area contributed by atoms with Crippen molar-refractivity contribution in [1.82, 2.24) is 0 Å². The fraction of sp³-hybridized carbons (Fsp3) is 0.250. The van der Waals surface area contributed by atoms with Crippen molar-refractivity contribution in [3.8, 4) is 0 Å². The molecule has 0 saturated carbocycles. The standard InChI is InChI=1S/C16H17NO3/c1-11(9-16(19)20)8-15(18)17-14-7-6-12-4-2-3-5-13(12)10-14/h2-7,10-11H,8-9H2,1H3,(H,17,18)(H,19,20). The first-order valence-corrected chi connectivity index (χ1v) is 6.55. The highest BCUT2D eigenvalue weighted by molar-refractivity contribution is 5.94. The lowest BCUT2D eigenvalue weighted by Gasteiger charge is -2.10. The Morgan fingerprint density at radius 1 is 1.10 bits per heavy atom. The van der Waals surface area contributed by atoms with Crippen LogP contribution in [0.15, 0.2) is 42.5 Å². The third-order valence-corrected chi connectivity index (χ3v) is 3.09. The number of carboxylic acids is 1. The van der Waals surface area contributed by atoms with E-state index in [0.717, 1.165) is 16.5 Å². The van der Waals surface area contributed by atoms with E-state index in [-0.39, 0.29) is 24.7 Å². The molecule has 2 aromatic rings. The first kappa shape index (κ1) is 14.1. The molecule has 0 saturated heterocycles. The molecule has 4 heteroatoms. The number of hydrogen-bond donors (Lipinski definition) is 2. The maximum Gasteiger partial charge on any atom is 0.303 e. The van der Waals surface area contributed by atoms with Gasteiger partial charge < -0.3 is 10.4 Å². The summed E-state index contributed by atoms with van der Waals surface area (Å²) in [5.74, 6) is -1.21. The van der Waals surface area contributed by atoms with Gasteiger partial charge in [-0.05, 0) is 28.8 Å². The third kappa shape index (κ3) is 3.82. The van der Waals surface area contributed by atoms with Gasteiger partial charge in [0.25, 0.3) is 0 Å².